The zero-order valence-corrected chi connectivity index (χ0v) is 20.5. The van der Waals surface area contributed by atoms with Crippen molar-refractivity contribution in [3.8, 4) is 11.4 Å². The van der Waals surface area contributed by atoms with Crippen molar-refractivity contribution in [2.24, 2.45) is 5.41 Å². The van der Waals surface area contributed by atoms with E-state index in [4.69, 9.17) is 21.1 Å². The number of amides is 1. The maximum atomic E-state index is 13.5. The average Bonchev–Trinajstić information content (AvgIpc) is 3.57. The molecule has 1 amide bonds. The van der Waals surface area contributed by atoms with Gasteiger partial charge in [-0.3, -0.25) is 9.18 Å². The fraction of sp³-hybridized carbons (Fsp3) is 0.542. The molecule has 10 heteroatoms. The number of anilines is 1. The molecule has 4 rings (SSSR count). The summed E-state index contributed by atoms with van der Waals surface area (Å²) < 4.78 is 26.1. The van der Waals surface area contributed by atoms with Gasteiger partial charge in [0.15, 0.2) is 0 Å². The van der Waals surface area contributed by atoms with Gasteiger partial charge in [0.1, 0.15) is 11.3 Å². The summed E-state index contributed by atoms with van der Waals surface area (Å²) in [5, 5.41) is 4.83. The van der Waals surface area contributed by atoms with E-state index in [1.807, 2.05) is 25.7 Å². The van der Waals surface area contributed by atoms with E-state index in [-0.39, 0.29) is 18.4 Å². The predicted octanol–water partition coefficient (Wildman–Crippen LogP) is 4.07. The first kappa shape index (κ1) is 24.3. The highest BCUT2D eigenvalue weighted by molar-refractivity contribution is 6.30. The zero-order chi connectivity index (χ0) is 24.5. The van der Waals surface area contributed by atoms with Crippen LogP contribution in [0.1, 0.15) is 33.6 Å². The third kappa shape index (κ3) is 5.46. The Balaban J connectivity index is 1.58. The van der Waals surface area contributed by atoms with Crippen molar-refractivity contribution < 1.29 is 18.7 Å². The summed E-state index contributed by atoms with van der Waals surface area (Å²) in [6.45, 7) is 6.95. The molecule has 8 nitrogen and oxygen atoms in total. The van der Waals surface area contributed by atoms with Crippen molar-refractivity contribution in [2.75, 3.05) is 44.4 Å². The molecule has 0 N–H and O–H groups in total. The molecule has 184 valence electrons. The fourth-order valence-electron chi connectivity index (χ4n) is 3.76. The molecule has 34 heavy (non-hydrogen) atoms. The number of hydrogen-bond donors (Lipinski definition) is 0. The topological polar surface area (TPSA) is 76.9 Å². The van der Waals surface area contributed by atoms with Crippen LogP contribution >= 0.6 is 11.6 Å². The third-order valence-electron chi connectivity index (χ3n) is 6.00. The smallest absolute Gasteiger partial charge is 0.410 e. The number of benzene rings is 1. The summed E-state index contributed by atoms with van der Waals surface area (Å²) in [4.78, 5) is 29.4. The molecule has 0 atom stereocenters. The molecule has 1 aliphatic carbocycles. The monoisotopic (exact) mass is 492 g/mol. The van der Waals surface area contributed by atoms with Gasteiger partial charge in [0.05, 0.1) is 25.2 Å². The Bertz CT molecular complexity index is 1100. The largest absolute Gasteiger partial charge is 0.486 e. The molecule has 2 aliphatic rings. The van der Waals surface area contributed by atoms with Crippen molar-refractivity contribution in [1.82, 2.24) is 14.7 Å². The van der Waals surface area contributed by atoms with Crippen molar-refractivity contribution in [1.29, 1.82) is 0 Å². The quantitative estimate of drug-likeness (QED) is 0.605. The van der Waals surface area contributed by atoms with Gasteiger partial charge >= 0.3 is 11.7 Å². The van der Waals surface area contributed by atoms with Gasteiger partial charge in [-0.25, -0.2) is 4.79 Å². The highest BCUT2D eigenvalue weighted by atomic mass is 35.5. The lowest BCUT2D eigenvalue weighted by atomic mass is 10.1. The van der Waals surface area contributed by atoms with E-state index < -0.39 is 23.2 Å². The second-order valence-electron chi connectivity index (χ2n) is 9.93. The van der Waals surface area contributed by atoms with E-state index in [0.29, 0.717) is 42.6 Å². The van der Waals surface area contributed by atoms with E-state index in [1.165, 1.54) is 4.68 Å². The van der Waals surface area contributed by atoms with Crippen LogP contribution in [-0.4, -0.2) is 65.8 Å². The molecule has 1 aromatic heterocycles. The number of hydrogen-bond acceptors (Lipinski definition) is 6. The molecule has 0 radical (unpaired) electrons. The first-order valence-corrected chi connectivity index (χ1v) is 11.8. The maximum Gasteiger partial charge on any atom is 0.410 e. The van der Waals surface area contributed by atoms with Crippen LogP contribution in [0.5, 0.6) is 5.75 Å². The number of halogens is 2. The van der Waals surface area contributed by atoms with Gasteiger partial charge in [0, 0.05) is 36.6 Å². The predicted molar refractivity (Wildman–Crippen MR) is 128 cm³/mol. The second kappa shape index (κ2) is 9.44. The van der Waals surface area contributed by atoms with Gasteiger partial charge in [0.25, 0.3) is 0 Å². The zero-order valence-electron chi connectivity index (χ0n) is 19.7. The SMILES string of the molecule is CC(C)(C)OC(=O)N1CCN(c2cnn(-c3cccc(Cl)c3)c(=O)c2OCC2(CF)CC2)CC1. The van der Waals surface area contributed by atoms with Crippen molar-refractivity contribution in [2.45, 2.75) is 39.2 Å². The minimum atomic E-state index is -0.570. The molecule has 1 saturated heterocycles. The molecule has 1 aliphatic heterocycles. The number of carbonyl (C=O) groups excluding carboxylic acids is 1. The molecule has 1 saturated carbocycles. The summed E-state index contributed by atoms with van der Waals surface area (Å²) in [6, 6.07) is 6.82. The molecular weight excluding hydrogens is 463 g/mol. The van der Waals surface area contributed by atoms with Gasteiger partial charge in [-0.2, -0.15) is 9.78 Å². The Morgan fingerprint density at radius 1 is 1.21 bits per heavy atom. The van der Waals surface area contributed by atoms with Crippen molar-refractivity contribution in [3.05, 3.63) is 45.8 Å². The first-order valence-electron chi connectivity index (χ1n) is 11.4. The van der Waals surface area contributed by atoms with Crippen LogP contribution in [0.2, 0.25) is 5.02 Å². The molecule has 0 bridgehead atoms. The second-order valence-corrected chi connectivity index (χ2v) is 10.4. The van der Waals surface area contributed by atoms with Crippen LogP contribution in [0.25, 0.3) is 5.69 Å². The van der Waals surface area contributed by atoms with Crippen molar-refractivity contribution in [3.63, 3.8) is 0 Å². The summed E-state index contributed by atoms with van der Waals surface area (Å²) in [5.41, 5.74) is -0.483. The van der Waals surface area contributed by atoms with E-state index in [1.54, 1.807) is 35.4 Å². The standard InChI is InChI=1S/C24H30ClFN4O4/c1-23(2,3)34-22(32)29-11-9-28(10-12-29)19-14-27-30(18-6-4-5-17(25)13-18)21(31)20(19)33-16-24(15-26)7-8-24/h4-6,13-14H,7-12,15-16H2,1-3H3. The molecule has 2 heterocycles. The normalized spacial score (nSPS) is 17.4. The number of nitrogens with zero attached hydrogens (tertiary/aromatic N) is 4. The Morgan fingerprint density at radius 3 is 2.50 bits per heavy atom. The minimum Gasteiger partial charge on any atom is -0.486 e. The summed E-state index contributed by atoms with van der Waals surface area (Å²) in [6.07, 6.45) is 2.69. The number of aromatic nitrogens is 2. The Morgan fingerprint density at radius 2 is 1.91 bits per heavy atom. The lowest BCUT2D eigenvalue weighted by Gasteiger charge is -2.37. The summed E-state index contributed by atoms with van der Waals surface area (Å²) in [7, 11) is 0. The highest BCUT2D eigenvalue weighted by Gasteiger charge is 2.44. The van der Waals surface area contributed by atoms with E-state index in [2.05, 4.69) is 5.10 Å². The third-order valence-corrected chi connectivity index (χ3v) is 6.24. The van der Waals surface area contributed by atoms with E-state index in [0.717, 1.165) is 12.8 Å². The number of alkyl halides is 1. The lowest BCUT2D eigenvalue weighted by Crippen LogP contribution is -2.50. The number of rotatable bonds is 6. The van der Waals surface area contributed by atoms with Crippen LogP contribution in [0.4, 0.5) is 14.9 Å². The van der Waals surface area contributed by atoms with E-state index >= 15 is 0 Å². The van der Waals surface area contributed by atoms with Crippen LogP contribution in [0.3, 0.4) is 0 Å². The lowest BCUT2D eigenvalue weighted by molar-refractivity contribution is 0.0240. The molecule has 2 aromatic rings. The van der Waals surface area contributed by atoms with Gasteiger partial charge in [-0.15, -0.1) is 0 Å². The Kier molecular flexibility index (Phi) is 6.75. The van der Waals surface area contributed by atoms with Gasteiger partial charge in [-0.05, 0) is 51.8 Å². The number of piperazine rings is 1. The molecule has 2 fully saturated rings. The summed E-state index contributed by atoms with van der Waals surface area (Å²) >= 11 is 6.10. The maximum absolute atomic E-state index is 13.5. The van der Waals surface area contributed by atoms with Gasteiger partial charge < -0.3 is 19.3 Å². The van der Waals surface area contributed by atoms with Crippen LogP contribution in [0.15, 0.2) is 35.3 Å². The molecule has 1 aromatic carbocycles. The van der Waals surface area contributed by atoms with Crippen LogP contribution in [0, 0.1) is 5.41 Å². The van der Waals surface area contributed by atoms with E-state index in [9.17, 15) is 14.0 Å². The number of ether oxygens (including phenoxy) is 2. The molecule has 0 spiro atoms. The van der Waals surface area contributed by atoms with Crippen LogP contribution < -0.4 is 15.2 Å². The summed E-state index contributed by atoms with van der Waals surface area (Å²) in [5.74, 6) is 0.125. The van der Waals surface area contributed by atoms with Crippen LogP contribution in [-0.2, 0) is 4.74 Å². The average molecular weight is 493 g/mol. The molecular formula is C24H30ClFN4O4. The van der Waals surface area contributed by atoms with Crippen molar-refractivity contribution >= 4 is 23.4 Å². The number of carbonyl (C=O) groups is 1. The van der Waals surface area contributed by atoms with Gasteiger partial charge in [-0.1, -0.05) is 17.7 Å². The molecule has 0 unspecified atom stereocenters. The minimum absolute atomic E-state index is 0.125. The fourth-order valence-corrected chi connectivity index (χ4v) is 3.94. The Labute approximate surface area is 203 Å². The van der Waals surface area contributed by atoms with Gasteiger partial charge in [0.2, 0.25) is 5.75 Å². The Hall–Kier alpha value is -2.81. The highest BCUT2D eigenvalue weighted by Crippen LogP contribution is 2.46. The first-order chi connectivity index (χ1) is 16.1.